The average molecular weight is 282 g/mol. The Kier molecular flexibility index (Phi) is 2.97. The molecule has 102 valence electrons. The molecule has 0 bridgehead atoms. The number of alkyl halides is 3. The molecule has 2 N–H and O–H groups in total. The highest BCUT2D eigenvalue weighted by atomic mass is 32.2. The van der Waals surface area contributed by atoms with Gasteiger partial charge in [0.15, 0.2) is 0 Å². The van der Waals surface area contributed by atoms with Crippen LogP contribution in [0.25, 0.3) is 0 Å². The highest BCUT2D eigenvalue weighted by molar-refractivity contribution is 7.89. The van der Waals surface area contributed by atoms with E-state index in [0.29, 0.717) is 12.1 Å². The number of sulfonamides is 1. The van der Waals surface area contributed by atoms with E-state index in [1.54, 1.807) is 11.6 Å². The van der Waals surface area contributed by atoms with Gasteiger partial charge in [-0.2, -0.15) is 17.9 Å². The van der Waals surface area contributed by atoms with E-state index < -0.39 is 21.7 Å². The average Bonchev–Trinajstić information content (AvgIpc) is 2.57. The van der Waals surface area contributed by atoms with Gasteiger partial charge < -0.3 is 4.98 Å². The van der Waals surface area contributed by atoms with Crippen LogP contribution in [-0.4, -0.2) is 25.1 Å². The van der Waals surface area contributed by atoms with Crippen LogP contribution in [0.4, 0.5) is 13.2 Å². The minimum absolute atomic E-state index is 0.171. The third-order valence-corrected chi connectivity index (χ3v) is 4.71. The van der Waals surface area contributed by atoms with Gasteiger partial charge in [0.05, 0.1) is 4.90 Å². The summed E-state index contributed by atoms with van der Waals surface area (Å²) in [5, 5.41) is 0. The van der Waals surface area contributed by atoms with Gasteiger partial charge in [0.25, 0.3) is 0 Å². The molecule has 2 rings (SSSR count). The van der Waals surface area contributed by atoms with Crippen molar-refractivity contribution in [3.63, 3.8) is 0 Å². The van der Waals surface area contributed by atoms with Gasteiger partial charge in [-0.25, -0.2) is 8.42 Å². The fourth-order valence-corrected chi connectivity index (χ4v) is 3.42. The maximum absolute atomic E-state index is 12.9. The first kappa shape index (κ1) is 13.4. The number of aryl methyl sites for hydroxylation is 1. The Balaban J connectivity index is 2.28. The van der Waals surface area contributed by atoms with Crippen LogP contribution >= 0.6 is 0 Å². The second-order valence-corrected chi connectivity index (χ2v) is 6.24. The molecule has 1 fully saturated rings. The number of H-pyrrole nitrogens is 1. The zero-order chi connectivity index (χ0) is 13.6. The van der Waals surface area contributed by atoms with Gasteiger partial charge in [0.2, 0.25) is 10.0 Å². The Morgan fingerprint density at radius 3 is 2.33 bits per heavy atom. The molecule has 8 heteroatoms. The third-order valence-electron chi connectivity index (χ3n) is 3.19. The Labute approximate surface area is 103 Å². The van der Waals surface area contributed by atoms with Crippen LogP contribution in [0.1, 0.15) is 25.0 Å². The molecule has 1 heterocycles. The van der Waals surface area contributed by atoms with Crippen LogP contribution in [0.5, 0.6) is 0 Å². The summed E-state index contributed by atoms with van der Waals surface area (Å²) in [5.41, 5.74) is -1.72. The number of rotatable bonds is 3. The number of aromatic amines is 1. The topological polar surface area (TPSA) is 62.0 Å². The highest BCUT2D eigenvalue weighted by Crippen LogP contribution is 2.45. The van der Waals surface area contributed by atoms with Crippen LogP contribution in [0.15, 0.2) is 17.2 Å². The van der Waals surface area contributed by atoms with E-state index in [-0.39, 0.29) is 17.7 Å². The van der Waals surface area contributed by atoms with Crippen molar-refractivity contribution < 1.29 is 21.6 Å². The molecule has 0 unspecified atom stereocenters. The summed E-state index contributed by atoms with van der Waals surface area (Å²) in [6.07, 6.45) is -3.43. The fourth-order valence-electron chi connectivity index (χ4n) is 1.93. The lowest BCUT2D eigenvalue weighted by molar-refractivity contribution is -0.212. The lowest BCUT2D eigenvalue weighted by Gasteiger charge is -2.43. The van der Waals surface area contributed by atoms with Gasteiger partial charge in [-0.3, -0.25) is 0 Å². The van der Waals surface area contributed by atoms with Crippen LogP contribution in [0, 0.1) is 6.92 Å². The summed E-state index contributed by atoms with van der Waals surface area (Å²) in [6.45, 7) is 1.63. The molecule has 1 aliphatic rings. The van der Waals surface area contributed by atoms with Gasteiger partial charge in [-0.05, 0) is 32.3 Å². The predicted molar refractivity (Wildman–Crippen MR) is 58.5 cm³/mol. The van der Waals surface area contributed by atoms with Crippen molar-refractivity contribution in [3.8, 4) is 0 Å². The van der Waals surface area contributed by atoms with Crippen LogP contribution in [0.3, 0.4) is 0 Å². The van der Waals surface area contributed by atoms with E-state index in [1.807, 2.05) is 0 Å². The summed E-state index contributed by atoms with van der Waals surface area (Å²) in [5.74, 6) is 0. The summed E-state index contributed by atoms with van der Waals surface area (Å²) in [7, 11) is -4.14. The van der Waals surface area contributed by atoms with E-state index in [4.69, 9.17) is 0 Å². The molecule has 0 aliphatic heterocycles. The molecule has 1 aliphatic carbocycles. The molecule has 0 saturated heterocycles. The zero-order valence-electron chi connectivity index (χ0n) is 9.63. The first-order valence-electron chi connectivity index (χ1n) is 5.42. The monoisotopic (exact) mass is 282 g/mol. The van der Waals surface area contributed by atoms with Crippen molar-refractivity contribution in [1.82, 2.24) is 9.71 Å². The Morgan fingerprint density at radius 2 is 2.00 bits per heavy atom. The second kappa shape index (κ2) is 3.99. The highest BCUT2D eigenvalue weighted by Gasteiger charge is 2.60. The molecule has 1 aromatic heterocycles. The lowest BCUT2D eigenvalue weighted by Crippen LogP contribution is -2.62. The molecule has 1 aromatic rings. The maximum Gasteiger partial charge on any atom is 0.407 e. The fraction of sp³-hybridized carbons (Fsp3) is 0.600. The van der Waals surface area contributed by atoms with Crippen molar-refractivity contribution in [1.29, 1.82) is 0 Å². The minimum atomic E-state index is -4.57. The number of aromatic nitrogens is 1. The normalized spacial score (nSPS) is 19.6. The second-order valence-electron chi connectivity index (χ2n) is 4.56. The Hall–Kier alpha value is -1.02. The van der Waals surface area contributed by atoms with E-state index >= 15 is 0 Å². The molecule has 0 radical (unpaired) electrons. The molecule has 0 spiro atoms. The largest absolute Gasteiger partial charge is 0.407 e. The van der Waals surface area contributed by atoms with E-state index in [9.17, 15) is 21.6 Å². The number of hydrogen-bond donors (Lipinski definition) is 2. The standard InChI is InChI=1S/C10H13F3N2O2S/c1-7-5-8(6-14-7)18(16,17)15-9(3-2-4-9)10(11,12)13/h5-6,14-15H,2-4H2,1H3. The molecule has 0 atom stereocenters. The SMILES string of the molecule is Cc1cc(S(=O)(=O)NC2(C(F)(F)F)CCC2)c[nH]1. The van der Waals surface area contributed by atoms with Gasteiger partial charge >= 0.3 is 6.18 Å². The molecule has 0 amide bonds. The molecule has 0 aromatic carbocycles. The predicted octanol–water partition coefficient (Wildman–Crippen LogP) is 2.09. The van der Waals surface area contributed by atoms with Crippen LogP contribution < -0.4 is 4.72 Å². The van der Waals surface area contributed by atoms with Crippen molar-refractivity contribution in [3.05, 3.63) is 18.0 Å². The number of nitrogens with one attached hydrogen (secondary N) is 2. The van der Waals surface area contributed by atoms with Gasteiger partial charge in [0, 0.05) is 11.9 Å². The third kappa shape index (κ3) is 2.14. The zero-order valence-corrected chi connectivity index (χ0v) is 10.5. The summed E-state index contributed by atoms with van der Waals surface area (Å²) < 4.78 is 64.2. The summed E-state index contributed by atoms with van der Waals surface area (Å²) in [4.78, 5) is 2.46. The first-order chi connectivity index (χ1) is 8.16. The Morgan fingerprint density at radius 1 is 1.39 bits per heavy atom. The lowest BCUT2D eigenvalue weighted by atomic mass is 9.77. The number of hydrogen-bond acceptors (Lipinski definition) is 2. The van der Waals surface area contributed by atoms with E-state index in [2.05, 4.69) is 4.98 Å². The molecular weight excluding hydrogens is 269 g/mol. The summed E-state index contributed by atoms with van der Waals surface area (Å²) >= 11 is 0. The minimum Gasteiger partial charge on any atom is -0.364 e. The molecule has 18 heavy (non-hydrogen) atoms. The van der Waals surface area contributed by atoms with Crippen LogP contribution in [-0.2, 0) is 10.0 Å². The number of halogens is 3. The van der Waals surface area contributed by atoms with Gasteiger partial charge in [-0.15, -0.1) is 0 Å². The van der Waals surface area contributed by atoms with E-state index in [1.165, 1.54) is 12.3 Å². The summed E-state index contributed by atoms with van der Waals surface area (Å²) in [6, 6.07) is 1.30. The Bertz CT molecular complexity index is 544. The maximum atomic E-state index is 12.9. The first-order valence-corrected chi connectivity index (χ1v) is 6.90. The van der Waals surface area contributed by atoms with Gasteiger partial charge in [0.1, 0.15) is 5.54 Å². The smallest absolute Gasteiger partial charge is 0.364 e. The van der Waals surface area contributed by atoms with Crippen molar-refractivity contribution in [2.24, 2.45) is 0 Å². The molecular formula is C10H13F3N2O2S. The van der Waals surface area contributed by atoms with Crippen LogP contribution in [0.2, 0.25) is 0 Å². The van der Waals surface area contributed by atoms with Crippen molar-refractivity contribution in [2.45, 2.75) is 42.8 Å². The van der Waals surface area contributed by atoms with Gasteiger partial charge in [-0.1, -0.05) is 0 Å². The molecule has 1 saturated carbocycles. The quantitative estimate of drug-likeness (QED) is 0.891. The van der Waals surface area contributed by atoms with E-state index in [0.717, 1.165) is 0 Å². The van der Waals surface area contributed by atoms with Crippen molar-refractivity contribution >= 4 is 10.0 Å². The van der Waals surface area contributed by atoms with Crippen molar-refractivity contribution in [2.75, 3.05) is 0 Å². The molecule has 4 nitrogen and oxygen atoms in total.